The van der Waals surface area contributed by atoms with Crippen LogP contribution in [0.5, 0.6) is 0 Å². The molecule has 0 saturated carbocycles. The number of carbonyl (C=O) groups excluding carboxylic acids is 2. The first-order valence-corrected chi connectivity index (χ1v) is 9.32. The number of nitrogens with zero attached hydrogens (tertiary/aromatic N) is 2. The predicted molar refractivity (Wildman–Crippen MR) is 110 cm³/mol. The highest BCUT2D eigenvalue weighted by Crippen LogP contribution is 2.13. The number of hydrogen-bond donors (Lipinski definition) is 2. The first-order chi connectivity index (χ1) is 13.5. The van der Waals surface area contributed by atoms with Gasteiger partial charge in [0.1, 0.15) is 0 Å². The van der Waals surface area contributed by atoms with Gasteiger partial charge in [0.2, 0.25) is 0 Å². The molecule has 0 spiro atoms. The summed E-state index contributed by atoms with van der Waals surface area (Å²) >= 11 is 3.34. The molecule has 0 atom stereocenters. The van der Waals surface area contributed by atoms with Gasteiger partial charge in [0, 0.05) is 22.5 Å². The van der Waals surface area contributed by atoms with Crippen LogP contribution in [0.25, 0.3) is 16.8 Å². The molecule has 3 rings (SSSR count). The summed E-state index contributed by atoms with van der Waals surface area (Å²) < 4.78 is 2.15. The highest BCUT2D eigenvalue weighted by Gasteiger charge is 2.16. The summed E-state index contributed by atoms with van der Waals surface area (Å²) in [5.74, 6) is -1.10. The zero-order chi connectivity index (χ0) is 20.1. The Hall–Kier alpha value is -3.26. The van der Waals surface area contributed by atoms with Crippen LogP contribution in [0.1, 0.15) is 23.0 Å². The van der Waals surface area contributed by atoms with Crippen LogP contribution in [0.15, 0.2) is 63.9 Å². The van der Waals surface area contributed by atoms with E-state index in [9.17, 15) is 14.4 Å². The fourth-order valence-corrected chi connectivity index (χ4v) is 2.85. The number of halogens is 1. The van der Waals surface area contributed by atoms with Gasteiger partial charge >= 0.3 is 0 Å². The van der Waals surface area contributed by atoms with Gasteiger partial charge in [-0.25, -0.2) is 4.68 Å². The predicted octanol–water partition coefficient (Wildman–Crippen LogP) is 2.65. The molecular weight excluding hydrogens is 424 g/mol. The summed E-state index contributed by atoms with van der Waals surface area (Å²) in [6.45, 7) is 2.09. The van der Waals surface area contributed by atoms with Gasteiger partial charge in [-0.1, -0.05) is 46.3 Å². The van der Waals surface area contributed by atoms with Crippen LogP contribution in [-0.2, 0) is 11.3 Å². The molecular formula is C20H17BrN4O3. The van der Waals surface area contributed by atoms with Crippen molar-refractivity contribution in [3.8, 4) is 0 Å². The van der Waals surface area contributed by atoms with Gasteiger partial charge in [-0.2, -0.15) is 5.10 Å². The van der Waals surface area contributed by atoms with Crippen LogP contribution >= 0.6 is 15.9 Å². The molecule has 0 radical (unpaired) electrons. The van der Waals surface area contributed by atoms with Crippen molar-refractivity contribution in [2.24, 2.45) is 0 Å². The summed E-state index contributed by atoms with van der Waals surface area (Å²) in [5.41, 5.74) is 5.29. The molecule has 8 heteroatoms. The molecule has 2 aromatic carbocycles. The first-order valence-electron chi connectivity index (χ1n) is 8.53. The second kappa shape index (κ2) is 8.62. The van der Waals surface area contributed by atoms with Crippen LogP contribution < -0.4 is 16.4 Å². The lowest BCUT2D eigenvalue weighted by Crippen LogP contribution is -2.42. The molecule has 1 aromatic heterocycles. The van der Waals surface area contributed by atoms with Crippen molar-refractivity contribution >= 4 is 44.6 Å². The van der Waals surface area contributed by atoms with Crippen molar-refractivity contribution in [2.75, 3.05) is 0 Å². The topological polar surface area (TPSA) is 93.1 Å². The van der Waals surface area contributed by atoms with Crippen molar-refractivity contribution < 1.29 is 9.59 Å². The maximum atomic E-state index is 12.5. The molecule has 0 unspecified atom stereocenters. The van der Waals surface area contributed by atoms with E-state index in [-0.39, 0.29) is 11.3 Å². The Kier molecular flexibility index (Phi) is 6.00. The minimum absolute atomic E-state index is 0.0641. The molecule has 0 fully saturated rings. The van der Waals surface area contributed by atoms with Crippen molar-refractivity contribution in [3.05, 3.63) is 80.7 Å². The lowest BCUT2D eigenvalue weighted by Gasteiger charge is -2.10. The maximum Gasteiger partial charge on any atom is 0.290 e. The fourth-order valence-electron chi connectivity index (χ4n) is 2.58. The van der Waals surface area contributed by atoms with Crippen molar-refractivity contribution in [1.29, 1.82) is 0 Å². The van der Waals surface area contributed by atoms with E-state index in [2.05, 4.69) is 31.9 Å². The maximum absolute atomic E-state index is 12.5. The Labute approximate surface area is 169 Å². The Bertz CT molecular complexity index is 1120. The van der Waals surface area contributed by atoms with Crippen molar-refractivity contribution in [3.63, 3.8) is 0 Å². The van der Waals surface area contributed by atoms with Crippen LogP contribution in [-0.4, -0.2) is 21.6 Å². The number of amides is 2. The Morgan fingerprint density at radius 1 is 1.07 bits per heavy atom. The summed E-state index contributed by atoms with van der Waals surface area (Å²) in [6.07, 6.45) is 2.93. The van der Waals surface area contributed by atoms with Crippen LogP contribution in [0, 0.1) is 0 Å². The SMILES string of the molecule is CCn1nc(C(=O)NNC(=O)/C=C/c2ccc(Br)cc2)c2ccccc2c1=O. The fraction of sp³-hybridized carbons (Fsp3) is 0.100. The van der Waals surface area contributed by atoms with E-state index in [1.165, 1.54) is 10.8 Å². The lowest BCUT2D eigenvalue weighted by molar-refractivity contribution is -0.117. The van der Waals surface area contributed by atoms with E-state index in [1.54, 1.807) is 37.3 Å². The summed E-state index contributed by atoms with van der Waals surface area (Å²) in [6, 6.07) is 14.1. The Morgan fingerprint density at radius 2 is 1.75 bits per heavy atom. The van der Waals surface area contributed by atoms with Gasteiger partial charge < -0.3 is 0 Å². The molecule has 7 nitrogen and oxygen atoms in total. The molecule has 0 aliphatic heterocycles. The number of aryl methyl sites for hydroxylation is 1. The van der Waals surface area contributed by atoms with Gasteiger partial charge in [0.15, 0.2) is 5.69 Å². The highest BCUT2D eigenvalue weighted by molar-refractivity contribution is 9.10. The van der Waals surface area contributed by atoms with E-state index in [0.29, 0.717) is 17.3 Å². The van der Waals surface area contributed by atoms with Gasteiger partial charge in [-0.3, -0.25) is 25.2 Å². The third-order valence-electron chi connectivity index (χ3n) is 3.98. The minimum atomic E-state index is -0.608. The molecule has 142 valence electrons. The molecule has 0 aliphatic carbocycles. The molecule has 3 aromatic rings. The smallest absolute Gasteiger partial charge is 0.268 e. The van der Waals surface area contributed by atoms with Crippen molar-refractivity contribution in [2.45, 2.75) is 13.5 Å². The third-order valence-corrected chi connectivity index (χ3v) is 4.51. The molecule has 0 aliphatic rings. The summed E-state index contributed by atoms with van der Waals surface area (Å²) in [7, 11) is 0. The molecule has 2 N–H and O–H groups in total. The second-order valence-electron chi connectivity index (χ2n) is 5.84. The van der Waals surface area contributed by atoms with E-state index in [4.69, 9.17) is 0 Å². The minimum Gasteiger partial charge on any atom is -0.268 e. The zero-order valence-electron chi connectivity index (χ0n) is 15.0. The van der Waals surface area contributed by atoms with E-state index in [0.717, 1.165) is 10.0 Å². The van der Waals surface area contributed by atoms with Crippen LogP contribution in [0.4, 0.5) is 0 Å². The molecule has 2 amide bonds. The van der Waals surface area contributed by atoms with E-state index in [1.807, 2.05) is 24.3 Å². The van der Waals surface area contributed by atoms with E-state index >= 15 is 0 Å². The number of benzene rings is 2. The standard InChI is InChI=1S/C20H17BrN4O3/c1-2-25-20(28)16-6-4-3-5-15(16)18(24-25)19(27)23-22-17(26)12-9-13-7-10-14(21)11-8-13/h3-12H,2H2,1H3,(H,22,26)(H,23,27)/b12-9+. The molecule has 1 heterocycles. The Balaban J connectivity index is 1.74. The number of carbonyl (C=O) groups is 2. The van der Waals surface area contributed by atoms with E-state index < -0.39 is 11.8 Å². The molecule has 0 saturated heterocycles. The first kappa shape index (κ1) is 19.5. The lowest BCUT2D eigenvalue weighted by atomic mass is 10.1. The monoisotopic (exact) mass is 440 g/mol. The van der Waals surface area contributed by atoms with Gasteiger partial charge in [0.25, 0.3) is 17.4 Å². The quantitative estimate of drug-likeness (QED) is 0.481. The van der Waals surface area contributed by atoms with Gasteiger partial charge in [-0.15, -0.1) is 0 Å². The average molecular weight is 441 g/mol. The van der Waals surface area contributed by atoms with Crippen molar-refractivity contribution in [1.82, 2.24) is 20.6 Å². The van der Waals surface area contributed by atoms with Crippen LogP contribution in [0.2, 0.25) is 0 Å². The number of fused-ring (bicyclic) bond motifs is 1. The third kappa shape index (κ3) is 4.34. The van der Waals surface area contributed by atoms with Gasteiger partial charge in [0.05, 0.1) is 5.39 Å². The largest absolute Gasteiger partial charge is 0.290 e. The summed E-state index contributed by atoms with van der Waals surface area (Å²) in [5, 5.41) is 4.94. The number of hydrazine groups is 1. The average Bonchev–Trinajstić information content (AvgIpc) is 2.72. The molecule has 0 bridgehead atoms. The number of rotatable bonds is 4. The second-order valence-corrected chi connectivity index (χ2v) is 6.76. The van der Waals surface area contributed by atoms with Gasteiger partial charge in [-0.05, 0) is 36.8 Å². The molecule has 28 heavy (non-hydrogen) atoms. The number of aromatic nitrogens is 2. The Morgan fingerprint density at radius 3 is 2.43 bits per heavy atom. The number of nitrogens with one attached hydrogen (secondary N) is 2. The zero-order valence-corrected chi connectivity index (χ0v) is 16.6. The number of hydrogen-bond acceptors (Lipinski definition) is 4. The highest BCUT2D eigenvalue weighted by atomic mass is 79.9. The van der Waals surface area contributed by atoms with Crippen LogP contribution in [0.3, 0.4) is 0 Å². The normalized spacial score (nSPS) is 10.9. The summed E-state index contributed by atoms with van der Waals surface area (Å²) in [4.78, 5) is 36.8.